The molecular formula is C10H15N5O. The molecule has 1 aromatic heterocycles. The van der Waals surface area contributed by atoms with Gasteiger partial charge in [0, 0.05) is 12.0 Å². The van der Waals surface area contributed by atoms with Crippen molar-refractivity contribution in [2.24, 2.45) is 5.73 Å². The summed E-state index contributed by atoms with van der Waals surface area (Å²) in [6, 6.07) is 0. The number of aromatic nitrogens is 3. The van der Waals surface area contributed by atoms with E-state index in [2.05, 4.69) is 20.5 Å². The highest BCUT2D eigenvalue weighted by Crippen LogP contribution is 2.30. The van der Waals surface area contributed by atoms with Crippen LogP contribution in [0.2, 0.25) is 0 Å². The van der Waals surface area contributed by atoms with Gasteiger partial charge in [-0.1, -0.05) is 12.8 Å². The van der Waals surface area contributed by atoms with Gasteiger partial charge in [-0.15, -0.1) is 5.10 Å². The van der Waals surface area contributed by atoms with Gasteiger partial charge in [-0.05, 0) is 12.8 Å². The number of hydrogen-bond donors (Lipinski definition) is 2. The smallest absolute Gasteiger partial charge is 0.249 e. The largest absolute Gasteiger partial charge is 0.325 e. The van der Waals surface area contributed by atoms with Crippen molar-refractivity contribution in [1.29, 1.82) is 0 Å². The van der Waals surface area contributed by atoms with E-state index in [-0.39, 0.29) is 17.4 Å². The quantitative estimate of drug-likeness (QED) is 0.773. The zero-order chi connectivity index (χ0) is 11.4. The van der Waals surface area contributed by atoms with Gasteiger partial charge < -0.3 is 5.73 Å². The van der Waals surface area contributed by atoms with Crippen LogP contribution < -0.4 is 11.1 Å². The third-order valence-corrected chi connectivity index (χ3v) is 2.85. The first kappa shape index (κ1) is 10.9. The number of nitrogens with one attached hydrogen (secondary N) is 1. The van der Waals surface area contributed by atoms with Crippen LogP contribution >= 0.6 is 0 Å². The summed E-state index contributed by atoms with van der Waals surface area (Å²) < 4.78 is 0. The Morgan fingerprint density at radius 2 is 2.19 bits per heavy atom. The molecule has 6 heteroatoms. The average Bonchev–Trinajstić information content (AvgIpc) is 2.66. The Labute approximate surface area is 93.7 Å². The van der Waals surface area contributed by atoms with Crippen molar-refractivity contribution < 1.29 is 4.79 Å². The van der Waals surface area contributed by atoms with Crippen molar-refractivity contribution in [2.45, 2.75) is 37.6 Å². The summed E-state index contributed by atoms with van der Waals surface area (Å²) in [7, 11) is 0. The SMILES string of the molecule is NC1(CC(=O)Nc2nccnn2)CCCC1. The minimum absolute atomic E-state index is 0.141. The molecule has 0 saturated heterocycles. The van der Waals surface area contributed by atoms with Crippen molar-refractivity contribution in [3.05, 3.63) is 12.4 Å². The zero-order valence-electron chi connectivity index (χ0n) is 9.02. The first-order valence-electron chi connectivity index (χ1n) is 5.40. The Morgan fingerprint density at radius 1 is 1.44 bits per heavy atom. The van der Waals surface area contributed by atoms with Gasteiger partial charge in [-0.25, -0.2) is 4.98 Å². The van der Waals surface area contributed by atoms with Crippen LogP contribution in [0.3, 0.4) is 0 Å². The van der Waals surface area contributed by atoms with Crippen LogP contribution in [0.25, 0.3) is 0 Å². The normalized spacial score (nSPS) is 18.3. The Bertz CT molecular complexity index is 361. The van der Waals surface area contributed by atoms with E-state index in [9.17, 15) is 4.79 Å². The second kappa shape index (κ2) is 4.52. The Morgan fingerprint density at radius 3 is 2.81 bits per heavy atom. The molecule has 0 radical (unpaired) electrons. The lowest BCUT2D eigenvalue weighted by atomic mass is 9.94. The van der Waals surface area contributed by atoms with E-state index < -0.39 is 0 Å². The molecule has 3 N–H and O–H groups in total. The fourth-order valence-electron chi connectivity index (χ4n) is 2.05. The van der Waals surface area contributed by atoms with Gasteiger partial charge in [0.2, 0.25) is 11.9 Å². The maximum absolute atomic E-state index is 11.7. The molecule has 86 valence electrons. The monoisotopic (exact) mass is 221 g/mol. The molecule has 1 saturated carbocycles. The predicted molar refractivity (Wildman–Crippen MR) is 58.5 cm³/mol. The Balaban J connectivity index is 1.89. The lowest BCUT2D eigenvalue weighted by molar-refractivity contribution is -0.117. The molecule has 16 heavy (non-hydrogen) atoms. The molecule has 0 spiro atoms. The fourth-order valence-corrected chi connectivity index (χ4v) is 2.05. The number of nitrogens with two attached hydrogens (primary N) is 1. The second-order valence-electron chi connectivity index (χ2n) is 4.26. The van der Waals surface area contributed by atoms with Gasteiger partial charge in [0.15, 0.2) is 0 Å². The van der Waals surface area contributed by atoms with E-state index >= 15 is 0 Å². The maximum atomic E-state index is 11.7. The molecule has 0 unspecified atom stereocenters. The van der Waals surface area contributed by atoms with Crippen molar-refractivity contribution in [3.63, 3.8) is 0 Å². The van der Waals surface area contributed by atoms with E-state index in [0.29, 0.717) is 6.42 Å². The van der Waals surface area contributed by atoms with E-state index in [4.69, 9.17) is 5.73 Å². The van der Waals surface area contributed by atoms with Crippen LogP contribution in [0.5, 0.6) is 0 Å². The third-order valence-electron chi connectivity index (χ3n) is 2.85. The highest BCUT2D eigenvalue weighted by Gasteiger charge is 2.31. The van der Waals surface area contributed by atoms with Gasteiger partial charge in [0.05, 0.1) is 12.4 Å². The van der Waals surface area contributed by atoms with Crippen LogP contribution in [0.4, 0.5) is 5.95 Å². The molecule has 0 atom stereocenters. The van der Waals surface area contributed by atoms with Crippen molar-refractivity contribution in [2.75, 3.05) is 5.32 Å². The van der Waals surface area contributed by atoms with Crippen LogP contribution in [0.15, 0.2) is 12.4 Å². The molecule has 0 aliphatic heterocycles. The zero-order valence-corrected chi connectivity index (χ0v) is 9.02. The molecular weight excluding hydrogens is 206 g/mol. The summed E-state index contributed by atoms with van der Waals surface area (Å²) in [6.07, 6.45) is 7.29. The van der Waals surface area contributed by atoms with Crippen molar-refractivity contribution in [1.82, 2.24) is 15.2 Å². The molecule has 0 aromatic carbocycles. The van der Waals surface area contributed by atoms with Crippen LogP contribution in [-0.2, 0) is 4.79 Å². The number of nitrogens with zero attached hydrogens (tertiary/aromatic N) is 3. The number of rotatable bonds is 3. The Hall–Kier alpha value is -1.56. The molecule has 1 heterocycles. The summed E-state index contributed by atoms with van der Waals surface area (Å²) in [6.45, 7) is 0. The number of anilines is 1. The predicted octanol–water partition coefficient (Wildman–Crippen LogP) is 0.472. The molecule has 2 rings (SSSR count). The first-order chi connectivity index (χ1) is 7.68. The molecule has 6 nitrogen and oxygen atoms in total. The minimum Gasteiger partial charge on any atom is -0.325 e. The number of carbonyl (C=O) groups excluding carboxylic acids is 1. The third kappa shape index (κ3) is 2.73. The summed E-state index contributed by atoms with van der Waals surface area (Å²) in [5, 5.41) is 9.90. The highest BCUT2D eigenvalue weighted by molar-refractivity contribution is 5.89. The molecule has 0 bridgehead atoms. The fraction of sp³-hybridized carbons (Fsp3) is 0.600. The lowest BCUT2D eigenvalue weighted by Gasteiger charge is -2.22. The van der Waals surface area contributed by atoms with Gasteiger partial charge in [-0.3, -0.25) is 10.1 Å². The van der Waals surface area contributed by atoms with Gasteiger partial charge in [-0.2, -0.15) is 5.10 Å². The van der Waals surface area contributed by atoms with Crippen LogP contribution in [0.1, 0.15) is 32.1 Å². The molecule has 1 fully saturated rings. The Kier molecular flexibility index (Phi) is 3.09. The first-order valence-corrected chi connectivity index (χ1v) is 5.40. The number of hydrogen-bond acceptors (Lipinski definition) is 5. The van der Waals surface area contributed by atoms with E-state index in [1.165, 1.54) is 12.4 Å². The van der Waals surface area contributed by atoms with Crippen molar-refractivity contribution >= 4 is 11.9 Å². The van der Waals surface area contributed by atoms with E-state index in [0.717, 1.165) is 25.7 Å². The number of amides is 1. The molecule has 1 aliphatic rings. The second-order valence-corrected chi connectivity index (χ2v) is 4.26. The van der Waals surface area contributed by atoms with E-state index in [1.54, 1.807) is 0 Å². The summed E-state index contributed by atoms with van der Waals surface area (Å²) >= 11 is 0. The molecule has 1 amide bonds. The maximum Gasteiger partial charge on any atom is 0.249 e. The number of carbonyl (C=O) groups is 1. The molecule has 1 aromatic rings. The topological polar surface area (TPSA) is 93.8 Å². The van der Waals surface area contributed by atoms with E-state index in [1.807, 2.05) is 0 Å². The van der Waals surface area contributed by atoms with Gasteiger partial charge in [0.1, 0.15) is 0 Å². The summed E-state index contributed by atoms with van der Waals surface area (Å²) in [4.78, 5) is 15.5. The van der Waals surface area contributed by atoms with Crippen LogP contribution in [-0.4, -0.2) is 26.6 Å². The highest BCUT2D eigenvalue weighted by atomic mass is 16.1. The van der Waals surface area contributed by atoms with Crippen LogP contribution in [0, 0.1) is 0 Å². The average molecular weight is 221 g/mol. The summed E-state index contributed by atoms with van der Waals surface area (Å²) in [5.74, 6) is 0.0893. The molecule has 1 aliphatic carbocycles. The lowest BCUT2D eigenvalue weighted by Crippen LogP contribution is -2.40. The van der Waals surface area contributed by atoms with Crippen molar-refractivity contribution in [3.8, 4) is 0 Å². The minimum atomic E-state index is -0.341. The van der Waals surface area contributed by atoms with Gasteiger partial charge >= 0.3 is 0 Å². The van der Waals surface area contributed by atoms with Gasteiger partial charge in [0.25, 0.3) is 0 Å². The standard InChI is InChI=1S/C10H15N5O/c11-10(3-1-2-4-10)7-8(16)14-9-12-5-6-13-15-9/h5-6H,1-4,7,11H2,(H,12,14,15,16). The summed E-state index contributed by atoms with van der Waals surface area (Å²) in [5.41, 5.74) is 5.76.